The van der Waals surface area contributed by atoms with Crippen LogP contribution in [0.15, 0.2) is 42.5 Å². The second kappa shape index (κ2) is 6.74. The summed E-state index contributed by atoms with van der Waals surface area (Å²) in [5.41, 5.74) is 3.59. The Balaban J connectivity index is 1.83. The highest BCUT2D eigenvalue weighted by atomic mass is 16.6. The van der Waals surface area contributed by atoms with Crippen LogP contribution in [-0.2, 0) is 0 Å². The molecule has 0 saturated carbocycles. The third-order valence-electron chi connectivity index (χ3n) is 3.20. The Hall–Kier alpha value is -2.56. The highest BCUT2D eigenvalue weighted by Crippen LogP contribution is 2.19. The first-order valence-electron chi connectivity index (χ1n) is 6.75. The van der Waals surface area contributed by atoms with Crippen LogP contribution >= 0.6 is 0 Å². The van der Waals surface area contributed by atoms with E-state index in [-0.39, 0.29) is 5.69 Å². The lowest BCUT2D eigenvalue weighted by Gasteiger charge is -2.13. The highest BCUT2D eigenvalue weighted by molar-refractivity contribution is 5.56. The molecule has 0 aliphatic carbocycles. The van der Waals surface area contributed by atoms with Gasteiger partial charge in [0.15, 0.2) is 0 Å². The zero-order valence-corrected chi connectivity index (χ0v) is 12.1. The van der Waals surface area contributed by atoms with Crippen LogP contribution in [0.4, 0.5) is 11.4 Å². The molecular weight excluding hydrogens is 268 g/mol. The van der Waals surface area contributed by atoms with Gasteiger partial charge in [-0.15, -0.1) is 0 Å². The minimum absolute atomic E-state index is 0.0658. The third-order valence-corrected chi connectivity index (χ3v) is 3.20. The van der Waals surface area contributed by atoms with Crippen LogP contribution in [0.3, 0.4) is 0 Å². The topological polar surface area (TPSA) is 64.4 Å². The predicted octanol–water partition coefficient (Wildman–Crippen LogP) is 3.70. The quantitative estimate of drug-likeness (QED) is 0.499. The molecule has 0 fully saturated rings. The number of nitrogens with zero attached hydrogens (tertiary/aromatic N) is 1. The fraction of sp³-hybridized carbons (Fsp3) is 0.250. The molecule has 1 N–H and O–H groups in total. The molecule has 0 heterocycles. The number of hydrogen-bond donors (Lipinski definition) is 1. The number of nitro groups is 1. The van der Waals surface area contributed by atoms with Crippen LogP contribution in [0.5, 0.6) is 5.75 Å². The number of benzene rings is 2. The fourth-order valence-electron chi connectivity index (χ4n) is 2.10. The van der Waals surface area contributed by atoms with E-state index in [2.05, 4.69) is 31.3 Å². The first kappa shape index (κ1) is 14.8. The van der Waals surface area contributed by atoms with Crippen molar-refractivity contribution in [2.75, 3.05) is 18.5 Å². The number of rotatable bonds is 6. The number of nitrogens with one attached hydrogen (secondary N) is 1. The molecule has 0 aromatic heterocycles. The largest absolute Gasteiger partial charge is 0.492 e. The fourth-order valence-corrected chi connectivity index (χ4v) is 2.10. The van der Waals surface area contributed by atoms with Gasteiger partial charge in [-0.2, -0.15) is 0 Å². The second-order valence-corrected chi connectivity index (χ2v) is 4.79. The Morgan fingerprint density at radius 3 is 2.29 bits per heavy atom. The van der Waals surface area contributed by atoms with Crippen molar-refractivity contribution in [3.63, 3.8) is 0 Å². The van der Waals surface area contributed by atoms with Crippen molar-refractivity contribution in [3.8, 4) is 5.75 Å². The van der Waals surface area contributed by atoms with E-state index in [4.69, 9.17) is 4.74 Å². The smallest absolute Gasteiger partial charge is 0.269 e. The van der Waals surface area contributed by atoms with Crippen molar-refractivity contribution in [1.82, 2.24) is 0 Å². The van der Waals surface area contributed by atoms with E-state index in [0.717, 1.165) is 5.69 Å². The molecule has 2 aromatic rings. The third kappa shape index (κ3) is 3.95. The van der Waals surface area contributed by atoms with E-state index in [1.165, 1.54) is 23.3 Å². The molecule has 0 aliphatic rings. The Bertz CT molecular complexity index is 604. The van der Waals surface area contributed by atoms with Gasteiger partial charge in [0.25, 0.3) is 5.69 Å². The van der Waals surface area contributed by atoms with Crippen LogP contribution in [0, 0.1) is 24.0 Å². The molecule has 0 spiro atoms. The van der Waals surface area contributed by atoms with Crippen molar-refractivity contribution in [2.24, 2.45) is 0 Å². The molecule has 0 radical (unpaired) electrons. The number of para-hydroxylation sites is 1. The molecule has 0 aliphatic heterocycles. The lowest BCUT2D eigenvalue weighted by molar-refractivity contribution is -0.384. The van der Waals surface area contributed by atoms with Gasteiger partial charge in [-0.3, -0.25) is 10.1 Å². The summed E-state index contributed by atoms with van der Waals surface area (Å²) in [7, 11) is 0. The van der Waals surface area contributed by atoms with Gasteiger partial charge >= 0.3 is 0 Å². The van der Waals surface area contributed by atoms with Crippen LogP contribution in [0.25, 0.3) is 0 Å². The normalized spacial score (nSPS) is 10.2. The monoisotopic (exact) mass is 286 g/mol. The number of anilines is 1. The van der Waals surface area contributed by atoms with Gasteiger partial charge in [0.2, 0.25) is 0 Å². The minimum atomic E-state index is -0.424. The number of aryl methyl sites for hydroxylation is 2. The average molecular weight is 286 g/mol. The lowest BCUT2D eigenvalue weighted by Crippen LogP contribution is -2.13. The van der Waals surface area contributed by atoms with Crippen molar-refractivity contribution >= 4 is 11.4 Å². The van der Waals surface area contributed by atoms with Crippen LogP contribution in [-0.4, -0.2) is 18.1 Å². The number of non-ortho nitro benzene ring substituents is 1. The molecule has 2 aromatic carbocycles. The van der Waals surface area contributed by atoms with Gasteiger partial charge in [0, 0.05) is 24.4 Å². The molecule has 0 amide bonds. The van der Waals surface area contributed by atoms with E-state index in [9.17, 15) is 10.1 Å². The maximum atomic E-state index is 10.5. The van der Waals surface area contributed by atoms with Crippen molar-refractivity contribution in [2.45, 2.75) is 13.8 Å². The molecular formula is C16H18N2O3. The number of ether oxygens (including phenoxy) is 1. The molecule has 5 heteroatoms. The molecule has 0 atom stereocenters. The summed E-state index contributed by atoms with van der Waals surface area (Å²) in [4.78, 5) is 10.1. The summed E-state index contributed by atoms with van der Waals surface area (Å²) >= 11 is 0. The molecule has 0 bridgehead atoms. The van der Waals surface area contributed by atoms with Gasteiger partial charge in [0.05, 0.1) is 4.92 Å². The molecule has 5 nitrogen and oxygen atoms in total. The van der Waals surface area contributed by atoms with Gasteiger partial charge in [-0.1, -0.05) is 18.2 Å². The molecule has 0 unspecified atom stereocenters. The average Bonchev–Trinajstić information content (AvgIpc) is 2.46. The summed E-state index contributed by atoms with van der Waals surface area (Å²) in [5.74, 6) is 0.629. The van der Waals surface area contributed by atoms with E-state index < -0.39 is 4.92 Å². The zero-order chi connectivity index (χ0) is 15.2. The van der Waals surface area contributed by atoms with Crippen molar-refractivity contribution < 1.29 is 9.66 Å². The summed E-state index contributed by atoms with van der Waals surface area (Å²) in [6.45, 7) is 5.29. The standard InChI is InChI=1S/C16H18N2O3/c1-12-4-3-5-13(2)16(12)17-10-11-21-15-8-6-14(7-9-15)18(19)20/h3-9,17H,10-11H2,1-2H3. The van der Waals surface area contributed by atoms with E-state index in [1.54, 1.807) is 12.1 Å². The Morgan fingerprint density at radius 2 is 1.71 bits per heavy atom. The molecule has 0 saturated heterocycles. The predicted molar refractivity (Wildman–Crippen MR) is 83.0 cm³/mol. The maximum Gasteiger partial charge on any atom is 0.269 e. The van der Waals surface area contributed by atoms with E-state index >= 15 is 0 Å². The van der Waals surface area contributed by atoms with E-state index in [0.29, 0.717) is 18.9 Å². The van der Waals surface area contributed by atoms with Gasteiger partial charge in [0.1, 0.15) is 12.4 Å². The number of nitro benzene ring substituents is 1. The van der Waals surface area contributed by atoms with Crippen LogP contribution in [0.2, 0.25) is 0 Å². The zero-order valence-electron chi connectivity index (χ0n) is 12.1. The summed E-state index contributed by atoms with van der Waals surface area (Å²) in [5, 5.41) is 13.9. The van der Waals surface area contributed by atoms with Gasteiger partial charge in [-0.25, -0.2) is 0 Å². The molecule has 110 valence electrons. The van der Waals surface area contributed by atoms with Crippen molar-refractivity contribution in [3.05, 3.63) is 63.7 Å². The van der Waals surface area contributed by atoms with Crippen LogP contribution in [0.1, 0.15) is 11.1 Å². The Kier molecular flexibility index (Phi) is 4.77. The molecule has 21 heavy (non-hydrogen) atoms. The second-order valence-electron chi connectivity index (χ2n) is 4.79. The Morgan fingerprint density at radius 1 is 1.10 bits per heavy atom. The highest BCUT2D eigenvalue weighted by Gasteiger charge is 2.04. The van der Waals surface area contributed by atoms with Crippen molar-refractivity contribution in [1.29, 1.82) is 0 Å². The summed E-state index contributed by atoms with van der Waals surface area (Å²) in [6.07, 6.45) is 0. The maximum absolute atomic E-state index is 10.5. The minimum Gasteiger partial charge on any atom is -0.492 e. The van der Waals surface area contributed by atoms with Gasteiger partial charge < -0.3 is 10.1 Å². The number of hydrogen-bond acceptors (Lipinski definition) is 4. The molecule has 2 rings (SSSR count). The summed E-state index contributed by atoms with van der Waals surface area (Å²) < 4.78 is 5.56. The summed E-state index contributed by atoms with van der Waals surface area (Å²) in [6, 6.07) is 12.2. The van der Waals surface area contributed by atoms with Gasteiger partial charge in [-0.05, 0) is 37.1 Å². The van der Waals surface area contributed by atoms with E-state index in [1.807, 2.05) is 6.07 Å². The SMILES string of the molecule is Cc1cccc(C)c1NCCOc1ccc([N+](=O)[O-])cc1. The van der Waals surface area contributed by atoms with Crippen LogP contribution < -0.4 is 10.1 Å². The Labute approximate surface area is 123 Å². The lowest BCUT2D eigenvalue weighted by atomic mass is 10.1. The first-order valence-corrected chi connectivity index (χ1v) is 6.75. The first-order chi connectivity index (χ1) is 10.1.